The molecule has 5 nitrogen and oxygen atoms in total. The maximum atomic E-state index is 13.7. The summed E-state index contributed by atoms with van der Waals surface area (Å²) in [7, 11) is 1.60. The van der Waals surface area contributed by atoms with Crippen LogP contribution in [0, 0.1) is 17.5 Å². The minimum atomic E-state index is -1.21. The van der Waals surface area contributed by atoms with Crippen LogP contribution in [0.5, 0.6) is 5.75 Å². The monoisotopic (exact) mass is 376 g/mol. The van der Waals surface area contributed by atoms with Crippen LogP contribution < -0.4 is 10.5 Å². The fraction of sp³-hybridized carbons (Fsp3) is 0.263. The van der Waals surface area contributed by atoms with Gasteiger partial charge in [0.2, 0.25) is 0 Å². The Morgan fingerprint density at radius 3 is 2.48 bits per heavy atom. The summed E-state index contributed by atoms with van der Waals surface area (Å²) in [6.07, 6.45) is 2.36. The van der Waals surface area contributed by atoms with E-state index in [1.54, 1.807) is 18.0 Å². The topological polar surface area (TPSA) is 66.0 Å². The highest BCUT2D eigenvalue weighted by atomic mass is 19.2. The molecule has 8 heteroatoms. The minimum Gasteiger partial charge on any atom is -0.497 e. The standard InChI is InChI=1S/C19H19F3N4O/c1-27-15-4-2-12(3-5-15)19-11-26(25-24-19)7-6-14(23)8-13-9-17(21)18(22)10-16(13)20/h2-5,9-11,14H,6-8,23H2,1H3/t14-/m0/s1. The molecule has 0 unspecified atom stereocenters. The molecular formula is C19H19F3N4O. The molecule has 0 aliphatic heterocycles. The maximum Gasteiger partial charge on any atom is 0.161 e. The van der Waals surface area contributed by atoms with Gasteiger partial charge in [0.05, 0.1) is 13.3 Å². The van der Waals surface area contributed by atoms with Gasteiger partial charge in [-0.2, -0.15) is 0 Å². The number of methoxy groups -OCH3 is 1. The molecule has 0 amide bonds. The molecule has 142 valence electrons. The summed E-state index contributed by atoms with van der Waals surface area (Å²) < 4.78 is 46.7. The molecule has 0 aliphatic rings. The molecule has 0 saturated heterocycles. The van der Waals surface area contributed by atoms with Crippen molar-refractivity contribution in [3.05, 3.63) is 65.6 Å². The largest absolute Gasteiger partial charge is 0.497 e. The van der Waals surface area contributed by atoms with Crippen molar-refractivity contribution in [2.24, 2.45) is 5.73 Å². The van der Waals surface area contributed by atoms with Crippen LogP contribution in [0.15, 0.2) is 42.6 Å². The lowest BCUT2D eigenvalue weighted by molar-refractivity contribution is 0.415. The van der Waals surface area contributed by atoms with Crippen LogP contribution in [-0.4, -0.2) is 28.1 Å². The highest BCUT2D eigenvalue weighted by Crippen LogP contribution is 2.20. The zero-order valence-corrected chi connectivity index (χ0v) is 14.7. The predicted molar refractivity (Wildman–Crippen MR) is 94.6 cm³/mol. The van der Waals surface area contributed by atoms with Crippen molar-refractivity contribution >= 4 is 0 Å². The fourth-order valence-electron chi connectivity index (χ4n) is 2.70. The first-order chi connectivity index (χ1) is 13.0. The molecule has 0 saturated carbocycles. The van der Waals surface area contributed by atoms with E-state index in [1.807, 2.05) is 24.3 Å². The van der Waals surface area contributed by atoms with E-state index < -0.39 is 23.5 Å². The molecule has 0 aliphatic carbocycles. The Balaban J connectivity index is 1.58. The number of benzene rings is 2. The number of nitrogens with two attached hydrogens (primary N) is 1. The van der Waals surface area contributed by atoms with Crippen LogP contribution in [0.1, 0.15) is 12.0 Å². The molecule has 2 aromatic carbocycles. The molecule has 0 bridgehead atoms. The lowest BCUT2D eigenvalue weighted by Gasteiger charge is -2.12. The van der Waals surface area contributed by atoms with E-state index in [9.17, 15) is 13.2 Å². The Morgan fingerprint density at radius 2 is 1.78 bits per heavy atom. The summed E-state index contributed by atoms with van der Waals surface area (Å²) >= 11 is 0. The van der Waals surface area contributed by atoms with Crippen molar-refractivity contribution in [3.63, 3.8) is 0 Å². The Bertz CT molecular complexity index is 912. The number of ether oxygens (including phenoxy) is 1. The average Bonchev–Trinajstić information content (AvgIpc) is 3.13. The van der Waals surface area contributed by atoms with Crippen molar-refractivity contribution in [2.45, 2.75) is 25.4 Å². The summed E-state index contributed by atoms with van der Waals surface area (Å²) in [5.74, 6) is -2.34. The molecule has 3 aromatic rings. The Morgan fingerprint density at radius 1 is 1.07 bits per heavy atom. The quantitative estimate of drug-likeness (QED) is 0.643. The number of rotatable bonds is 7. The third-order valence-corrected chi connectivity index (χ3v) is 4.22. The highest BCUT2D eigenvalue weighted by Gasteiger charge is 2.13. The Labute approximate surface area is 154 Å². The van der Waals surface area contributed by atoms with Gasteiger partial charge in [-0.05, 0) is 48.7 Å². The lowest BCUT2D eigenvalue weighted by atomic mass is 10.0. The molecule has 0 spiro atoms. The average molecular weight is 376 g/mol. The molecule has 1 atom stereocenters. The van der Waals surface area contributed by atoms with Gasteiger partial charge in [0.15, 0.2) is 11.6 Å². The Kier molecular flexibility index (Phi) is 5.75. The number of halogens is 3. The van der Waals surface area contributed by atoms with E-state index in [4.69, 9.17) is 10.5 Å². The van der Waals surface area contributed by atoms with Crippen LogP contribution >= 0.6 is 0 Å². The normalized spacial score (nSPS) is 12.2. The van der Waals surface area contributed by atoms with E-state index in [1.165, 1.54) is 0 Å². The van der Waals surface area contributed by atoms with Gasteiger partial charge in [-0.15, -0.1) is 5.10 Å². The highest BCUT2D eigenvalue weighted by molar-refractivity contribution is 5.58. The molecular weight excluding hydrogens is 357 g/mol. The van der Waals surface area contributed by atoms with Gasteiger partial charge in [0.25, 0.3) is 0 Å². The summed E-state index contributed by atoms with van der Waals surface area (Å²) in [6, 6.07) is 8.38. The molecule has 0 fully saturated rings. The van der Waals surface area contributed by atoms with Gasteiger partial charge < -0.3 is 10.5 Å². The molecule has 1 aromatic heterocycles. The third kappa shape index (κ3) is 4.65. The van der Waals surface area contributed by atoms with Crippen LogP contribution in [0.2, 0.25) is 0 Å². The molecule has 2 N–H and O–H groups in total. The second kappa shape index (κ2) is 8.22. The lowest BCUT2D eigenvalue weighted by Crippen LogP contribution is -2.25. The number of nitrogens with zero attached hydrogens (tertiary/aromatic N) is 3. The number of hydrogen-bond acceptors (Lipinski definition) is 4. The van der Waals surface area contributed by atoms with Crippen molar-refractivity contribution in [1.29, 1.82) is 0 Å². The van der Waals surface area contributed by atoms with Gasteiger partial charge in [-0.25, -0.2) is 13.2 Å². The number of hydrogen-bond donors (Lipinski definition) is 1. The van der Waals surface area contributed by atoms with Gasteiger partial charge in [-0.3, -0.25) is 4.68 Å². The molecule has 1 heterocycles. The number of aryl methyl sites for hydroxylation is 1. The molecule has 3 rings (SSSR count). The van der Waals surface area contributed by atoms with Gasteiger partial charge in [0, 0.05) is 24.2 Å². The second-order valence-electron chi connectivity index (χ2n) is 6.21. The SMILES string of the molecule is COc1ccc(-c2cn(CC[C@H](N)Cc3cc(F)c(F)cc3F)nn2)cc1. The van der Waals surface area contributed by atoms with E-state index >= 15 is 0 Å². The fourth-order valence-corrected chi connectivity index (χ4v) is 2.70. The summed E-state index contributed by atoms with van der Waals surface area (Å²) in [5.41, 5.74) is 7.66. The van der Waals surface area contributed by atoms with Gasteiger partial charge >= 0.3 is 0 Å². The molecule has 0 radical (unpaired) electrons. The van der Waals surface area contributed by atoms with Crippen molar-refractivity contribution < 1.29 is 17.9 Å². The Hall–Kier alpha value is -2.87. The number of aromatic nitrogens is 3. The first-order valence-corrected chi connectivity index (χ1v) is 8.40. The minimum absolute atomic E-state index is 0.0545. The third-order valence-electron chi connectivity index (χ3n) is 4.22. The van der Waals surface area contributed by atoms with Crippen LogP contribution in [0.4, 0.5) is 13.2 Å². The van der Waals surface area contributed by atoms with Crippen molar-refractivity contribution in [3.8, 4) is 17.0 Å². The van der Waals surface area contributed by atoms with Crippen molar-refractivity contribution in [2.75, 3.05) is 7.11 Å². The first-order valence-electron chi connectivity index (χ1n) is 8.40. The van der Waals surface area contributed by atoms with E-state index in [0.29, 0.717) is 24.7 Å². The van der Waals surface area contributed by atoms with Gasteiger partial charge in [-0.1, -0.05) is 5.21 Å². The second-order valence-corrected chi connectivity index (χ2v) is 6.21. The summed E-state index contributed by atoms with van der Waals surface area (Å²) in [5, 5.41) is 8.17. The summed E-state index contributed by atoms with van der Waals surface area (Å²) in [6.45, 7) is 0.468. The smallest absolute Gasteiger partial charge is 0.161 e. The van der Waals surface area contributed by atoms with Gasteiger partial charge in [0.1, 0.15) is 17.3 Å². The predicted octanol–water partition coefficient (Wildman–Crippen LogP) is 3.33. The zero-order chi connectivity index (χ0) is 19.4. The van der Waals surface area contributed by atoms with Crippen LogP contribution in [-0.2, 0) is 13.0 Å². The van der Waals surface area contributed by atoms with E-state index in [0.717, 1.165) is 17.4 Å². The van der Waals surface area contributed by atoms with Crippen LogP contribution in [0.25, 0.3) is 11.3 Å². The molecule has 27 heavy (non-hydrogen) atoms. The maximum absolute atomic E-state index is 13.7. The summed E-state index contributed by atoms with van der Waals surface area (Å²) in [4.78, 5) is 0. The van der Waals surface area contributed by atoms with Crippen LogP contribution in [0.3, 0.4) is 0 Å². The van der Waals surface area contributed by atoms with Crippen molar-refractivity contribution in [1.82, 2.24) is 15.0 Å². The van der Waals surface area contributed by atoms with E-state index in [-0.39, 0.29) is 12.0 Å². The van der Waals surface area contributed by atoms with E-state index in [2.05, 4.69) is 10.3 Å². The first kappa shape index (κ1) is 18.9. The zero-order valence-electron chi connectivity index (χ0n) is 14.7.